The molecule has 3 heterocycles. The van der Waals surface area contributed by atoms with E-state index in [1.165, 1.54) is 19.1 Å². The van der Waals surface area contributed by atoms with E-state index in [4.69, 9.17) is 80.5 Å². The Morgan fingerprint density at radius 2 is 0.757 bits per heavy atom. The fraction of sp³-hybridized carbons (Fsp3) is 0.402. The first-order valence-corrected chi connectivity index (χ1v) is 35.3. The maximum Gasteiger partial charge on any atom is 0.338 e. The van der Waals surface area contributed by atoms with E-state index in [2.05, 4.69) is 0 Å². The summed E-state index contributed by atoms with van der Waals surface area (Å²) in [6.07, 6.45) is -30.2. The largest absolute Gasteiger partial charge is 0.463 e. The third kappa shape index (κ3) is 24.3. The topological polar surface area (TPSA) is 297 Å². The summed E-state index contributed by atoms with van der Waals surface area (Å²) in [5.41, 5.74) is 4.28. The second-order valence-corrected chi connectivity index (χ2v) is 25.8. The predicted molar refractivity (Wildman–Crippen MR) is 379 cm³/mol. The van der Waals surface area contributed by atoms with E-state index in [-0.39, 0.29) is 70.6 Å². The van der Waals surface area contributed by atoms with E-state index < -0.39 is 153 Å². The minimum atomic E-state index is -2.22. The number of aliphatic hydroxyl groups excluding tert-OH is 1. The van der Waals surface area contributed by atoms with Crippen molar-refractivity contribution in [2.75, 3.05) is 19.8 Å². The molecule has 25 nitrogen and oxygen atoms in total. The smallest absolute Gasteiger partial charge is 0.338 e. The Labute approximate surface area is 620 Å². The van der Waals surface area contributed by atoms with Crippen molar-refractivity contribution in [2.45, 2.75) is 191 Å². The van der Waals surface area contributed by atoms with Crippen molar-refractivity contribution in [1.29, 1.82) is 0 Å². The quantitative estimate of drug-likeness (QED) is 0.0280. The first-order valence-electron chi connectivity index (χ1n) is 35.3. The van der Waals surface area contributed by atoms with Crippen molar-refractivity contribution < 1.29 is 119 Å². The third-order valence-corrected chi connectivity index (χ3v) is 17.5. The van der Waals surface area contributed by atoms with Gasteiger partial charge in [-0.3, -0.25) is 24.0 Å². The molecule has 25 heteroatoms. The lowest BCUT2D eigenvalue weighted by atomic mass is 9.92. The van der Waals surface area contributed by atoms with Gasteiger partial charge in [0, 0.05) is 34.1 Å². The number of carbonyl (C=O) groups is 7. The van der Waals surface area contributed by atoms with E-state index in [9.17, 15) is 33.9 Å². The highest BCUT2D eigenvalue weighted by atomic mass is 16.8. The second kappa shape index (κ2) is 41.0. The average Bonchev–Trinajstić information content (AvgIpc) is 0.791. The standard InChI is InChI=1S/C82H90O25/c1-52(83)41-42-67(88)102-74-71(96-47-61-35-21-10-22-36-61)68(64(94-45-59-31-17-8-18-32-59)49-91-43-57-27-13-6-14-28-57)105-81(77(74)97-48-62-37-23-11-24-38-62)107-75-72(106-82-78(100-56(5)87)73(99-55(4)86)70(98-54(3)85)66(101-82)51-93-53(2)84)69(103-80(90)76(75)104-79(89)63-39-25-12-26-40-63)65(95-46-60-33-19-9-20-34-60)50-92-44-58-29-15-7-16-30-58/h6-40,64-66,68-78,80-82,90H,41-51H2,1-5H3/t64-,65-,66+,68+,69+,70+,71+,72+,73-,74-,75-,76-,77-,78+,80-,81+,82-/m0/s1. The van der Waals surface area contributed by atoms with Crippen LogP contribution in [0.3, 0.4) is 0 Å². The van der Waals surface area contributed by atoms with Crippen LogP contribution in [0.15, 0.2) is 212 Å². The summed E-state index contributed by atoms with van der Waals surface area (Å²) in [4.78, 5) is 95.5. The van der Waals surface area contributed by atoms with Gasteiger partial charge < -0.3 is 90.4 Å². The van der Waals surface area contributed by atoms with Crippen LogP contribution in [-0.2, 0) is 149 Å². The van der Waals surface area contributed by atoms with Crippen LogP contribution in [0.4, 0.5) is 0 Å². The molecule has 0 spiro atoms. The number of aliphatic hydroxyl groups is 1. The second-order valence-electron chi connectivity index (χ2n) is 25.8. The number of hydrogen-bond acceptors (Lipinski definition) is 25. The van der Waals surface area contributed by atoms with E-state index in [0.29, 0.717) is 16.7 Å². The molecule has 0 amide bonds. The molecule has 1 N–H and O–H groups in total. The molecule has 7 aromatic rings. The number of esters is 6. The van der Waals surface area contributed by atoms with Crippen molar-refractivity contribution in [3.05, 3.63) is 251 Å². The van der Waals surface area contributed by atoms with Crippen molar-refractivity contribution in [1.82, 2.24) is 0 Å². The van der Waals surface area contributed by atoms with Crippen LogP contribution < -0.4 is 0 Å². The molecule has 0 radical (unpaired) electrons. The monoisotopic (exact) mass is 1470 g/mol. The van der Waals surface area contributed by atoms with Crippen LogP contribution in [0.25, 0.3) is 0 Å². The van der Waals surface area contributed by atoms with Gasteiger partial charge in [0.15, 0.2) is 49.4 Å². The zero-order valence-electron chi connectivity index (χ0n) is 60.0. The van der Waals surface area contributed by atoms with Gasteiger partial charge in [-0.05, 0) is 52.4 Å². The molecule has 107 heavy (non-hydrogen) atoms. The first-order chi connectivity index (χ1) is 51.9. The number of hydrogen-bond donors (Lipinski definition) is 1. The molecular formula is C82H90O25. The number of benzene rings is 7. The van der Waals surface area contributed by atoms with Gasteiger partial charge in [0.2, 0.25) is 0 Å². The average molecular weight is 1480 g/mol. The van der Waals surface area contributed by atoms with E-state index in [0.717, 1.165) is 44.4 Å². The van der Waals surface area contributed by atoms with E-state index in [1.807, 2.05) is 146 Å². The summed E-state index contributed by atoms with van der Waals surface area (Å²) in [7, 11) is 0. The summed E-state index contributed by atoms with van der Waals surface area (Å²) in [5.74, 6) is -5.85. The van der Waals surface area contributed by atoms with Crippen LogP contribution in [0, 0.1) is 0 Å². The van der Waals surface area contributed by atoms with Crippen molar-refractivity contribution in [2.24, 2.45) is 0 Å². The van der Waals surface area contributed by atoms with Crippen LogP contribution in [0.2, 0.25) is 0 Å². The lowest BCUT2D eigenvalue weighted by molar-refractivity contribution is -0.394. The molecule has 3 aliphatic rings. The number of carbonyl (C=O) groups excluding carboxylic acids is 7. The number of Topliss-reactive ketones (excluding diaryl/α,β-unsaturated/α-hetero) is 1. The Morgan fingerprint density at radius 1 is 0.364 bits per heavy atom. The molecule has 0 bridgehead atoms. The molecule has 3 saturated heterocycles. The summed E-state index contributed by atoms with van der Waals surface area (Å²) < 4.78 is 113. The number of ketones is 1. The molecular weight excluding hydrogens is 1380 g/mol. The van der Waals surface area contributed by atoms with Crippen molar-refractivity contribution in [3.8, 4) is 0 Å². The van der Waals surface area contributed by atoms with Crippen LogP contribution in [0.1, 0.15) is 91.2 Å². The van der Waals surface area contributed by atoms with Gasteiger partial charge in [-0.2, -0.15) is 0 Å². The summed E-state index contributed by atoms with van der Waals surface area (Å²) in [5, 5.41) is 13.1. The Morgan fingerprint density at radius 3 is 1.21 bits per heavy atom. The zero-order valence-corrected chi connectivity index (χ0v) is 60.0. The summed E-state index contributed by atoms with van der Waals surface area (Å²) >= 11 is 0. The SMILES string of the molecule is CC(=O)CCC(=O)O[C@H]1[C@H](OCc2ccccc2)[C@@H]([C@H](COCc2ccccc2)OCc2ccccc2)O[C@H](O[C@H]2[C@H](O[C@@H]3O[C@H](COC(C)=O)[C@@H](OC(C)=O)[C@H](OC(C)=O)[C@H]3OC(C)=O)[C@@H]([C@H](COCc3ccccc3)OCc3ccccc3)O[C@H](O)[C@H]2OC(=O)c2ccccc2)[C@H]1OCc1ccccc1. The third-order valence-electron chi connectivity index (χ3n) is 17.5. The van der Waals surface area contributed by atoms with Crippen LogP contribution >= 0.6 is 0 Å². The fourth-order valence-corrected chi connectivity index (χ4v) is 12.5. The Hall–Kier alpha value is -9.45. The molecule has 0 unspecified atom stereocenters. The molecule has 568 valence electrons. The number of rotatable bonds is 37. The highest BCUT2D eigenvalue weighted by Gasteiger charge is 2.61. The summed E-state index contributed by atoms with van der Waals surface area (Å²) in [6, 6.07) is 62.9. The summed E-state index contributed by atoms with van der Waals surface area (Å²) in [6.45, 7) is 3.93. The Bertz CT molecular complexity index is 3880. The molecule has 7 aromatic carbocycles. The van der Waals surface area contributed by atoms with E-state index >= 15 is 4.79 Å². The maximum atomic E-state index is 15.0. The lowest BCUT2D eigenvalue weighted by Crippen LogP contribution is -2.70. The van der Waals surface area contributed by atoms with Gasteiger partial charge in [-0.25, -0.2) is 4.79 Å². The van der Waals surface area contributed by atoms with Gasteiger partial charge in [0.1, 0.15) is 67.3 Å². The van der Waals surface area contributed by atoms with Crippen molar-refractivity contribution >= 4 is 41.6 Å². The highest BCUT2D eigenvalue weighted by Crippen LogP contribution is 2.41. The lowest BCUT2D eigenvalue weighted by Gasteiger charge is -2.52. The molecule has 10 rings (SSSR count). The molecule has 17 atom stereocenters. The highest BCUT2D eigenvalue weighted by molar-refractivity contribution is 5.89. The van der Waals surface area contributed by atoms with Gasteiger partial charge in [-0.15, -0.1) is 0 Å². The van der Waals surface area contributed by atoms with Crippen LogP contribution in [-0.4, -0.2) is 171 Å². The predicted octanol–water partition coefficient (Wildman–Crippen LogP) is 9.56. The maximum absolute atomic E-state index is 15.0. The molecule has 3 aliphatic heterocycles. The molecule has 0 aliphatic carbocycles. The van der Waals surface area contributed by atoms with E-state index in [1.54, 1.807) is 54.6 Å². The zero-order chi connectivity index (χ0) is 75.4. The molecule has 3 fully saturated rings. The van der Waals surface area contributed by atoms with Crippen molar-refractivity contribution in [3.63, 3.8) is 0 Å². The fourth-order valence-electron chi connectivity index (χ4n) is 12.5. The van der Waals surface area contributed by atoms with Gasteiger partial charge in [0.25, 0.3) is 0 Å². The minimum absolute atomic E-state index is 0.00100. The molecule has 0 aromatic heterocycles. The minimum Gasteiger partial charge on any atom is -0.463 e. The first kappa shape index (κ1) is 80.1. The van der Waals surface area contributed by atoms with Crippen LogP contribution in [0.5, 0.6) is 0 Å². The Kier molecular flexibility index (Phi) is 30.7. The van der Waals surface area contributed by atoms with Gasteiger partial charge in [-0.1, -0.05) is 200 Å². The Balaban J connectivity index is 1.20. The normalized spacial score (nSPS) is 24.7. The van der Waals surface area contributed by atoms with Gasteiger partial charge in [0.05, 0.1) is 64.8 Å². The number of ether oxygens (including phenoxy) is 17. The van der Waals surface area contributed by atoms with Gasteiger partial charge >= 0.3 is 35.8 Å². The molecule has 0 saturated carbocycles.